The van der Waals surface area contributed by atoms with Gasteiger partial charge in [-0.25, -0.2) is 4.39 Å². The summed E-state index contributed by atoms with van der Waals surface area (Å²) in [4.78, 5) is 0. The van der Waals surface area contributed by atoms with E-state index in [1.54, 1.807) is 13.0 Å². The van der Waals surface area contributed by atoms with Crippen LogP contribution in [0.25, 0.3) is 0 Å². The Hall–Kier alpha value is -0.800. The SMILES string of the molecule is CCOc1c(F)cc([C@H]2CCN2)cc1Cl. The highest BCUT2D eigenvalue weighted by Gasteiger charge is 2.21. The lowest BCUT2D eigenvalue weighted by Crippen LogP contribution is -2.34. The van der Waals surface area contributed by atoms with Gasteiger partial charge in [0.25, 0.3) is 0 Å². The molecule has 1 heterocycles. The highest BCUT2D eigenvalue weighted by atomic mass is 35.5. The molecule has 0 bridgehead atoms. The molecule has 2 nitrogen and oxygen atoms in total. The predicted octanol–water partition coefficient (Wildman–Crippen LogP) is 2.91. The second-order valence-electron chi connectivity index (χ2n) is 3.54. The van der Waals surface area contributed by atoms with Crippen molar-refractivity contribution in [2.45, 2.75) is 19.4 Å². The van der Waals surface area contributed by atoms with Crippen LogP contribution in [-0.2, 0) is 0 Å². The molecule has 0 unspecified atom stereocenters. The van der Waals surface area contributed by atoms with Gasteiger partial charge in [0, 0.05) is 6.04 Å². The van der Waals surface area contributed by atoms with E-state index in [1.807, 2.05) is 0 Å². The van der Waals surface area contributed by atoms with Crippen LogP contribution in [0.1, 0.15) is 24.9 Å². The highest BCUT2D eigenvalue weighted by molar-refractivity contribution is 6.32. The smallest absolute Gasteiger partial charge is 0.173 e. The van der Waals surface area contributed by atoms with Crippen molar-refractivity contribution in [1.29, 1.82) is 0 Å². The van der Waals surface area contributed by atoms with Crippen molar-refractivity contribution in [3.8, 4) is 5.75 Å². The van der Waals surface area contributed by atoms with Gasteiger partial charge in [-0.2, -0.15) is 0 Å². The Morgan fingerprint density at radius 3 is 2.80 bits per heavy atom. The van der Waals surface area contributed by atoms with Crippen molar-refractivity contribution in [3.63, 3.8) is 0 Å². The van der Waals surface area contributed by atoms with Crippen LogP contribution in [-0.4, -0.2) is 13.2 Å². The van der Waals surface area contributed by atoms with E-state index in [4.69, 9.17) is 16.3 Å². The summed E-state index contributed by atoms with van der Waals surface area (Å²) in [5.74, 6) is -0.227. The fourth-order valence-electron chi connectivity index (χ4n) is 1.64. The van der Waals surface area contributed by atoms with Crippen LogP contribution in [0.15, 0.2) is 12.1 Å². The van der Waals surface area contributed by atoms with Gasteiger partial charge in [-0.3, -0.25) is 0 Å². The molecular formula is C11H13ClFNO. The molecule has 1 atom stereocenters. The van der Waals surface area contributed by atoms with Gasteiger partial charge in [-0.1, -0.05) is 11.6 Å². The van der Waals surface area contributed by atoms with Crippen molar-refractivity contribution >= 4 is 11.6 Å². The average molecular weight is 230 g/mol. The maximum atomic E-state index is 13.6. The zero-order valence-corrected chi connectivity index (χ0v) is 9.27. The van der Waals surface area contributed by atoms with Crippen molar-refractivity contribution in [3.05, 3.63) is 28.5 Å². The van der Waals surface area contributed by atoms with Gasteiger partial charge in [0.15, 0.2) is 11.6 Å². The Balaban J connectivity index is 2.29. The average Bonchev–Trinajstić information content (AvgIpc) is 2.08. The molecule has 1 saturated heterocycles. The van der Waals surface area contributed by atoms with Gasteiger partial charge >= 0.3 is 0 Å². The summed E-state index contributed by atoms with van der Waals surface area (Å²) in [7, 11) is 0. The van der Waals surface area contributed by atoms with E-state index in [0.717, 1.165) is 18.5 Å². The van der Waals surface area contributed by atoms with Crippen molar-refractivity contribution in [2.24, 2.45) is 0 Å². The molecule has 1 aromatic carbocycles. The van der Waals surface area contributed by atoms with Gasteiger partial charge in [0.1, 0.15) is 0 Å². The Labute approximate surface area is 93.4 Å². The monoisotopic (exact) mass is 229 g/mol. The van der Waals surface area contributed by atoms with E-state index in [9.17, 15) is 4.39 Å². The molecule has 4 heteroatoms. The highest BCUT2D eigenvalue weighted by Crippen LogP contribution is 2.33. The Kier molecular flexibility index (Phi) is 3.12. The second-order valence-corrected chi connectivity index (χ2v) is 3.95. The lowest BCUT2D eigenvalue weighted by Gasteiger charge is -2.28. The summed E-state index contributed by atoms with van der Waals surface area (Å²) in [6, 6.07) is 3.51. The minimum Gasteiger partial charge on any atom is -0.489 e. The Morgan fingerprint density at radius 1 is 1.60 bits per heavy atom. The molecule has 1 aromatic rings. The van der Waals surface area contributed by atoms with Crippen LogP contribution in [0.2, 0.25) is 5.02 Å². The Morgan fingerprint density at radius 2 is 2.33 bits per heavy atom. The molecule has 1 aliphatic heterocycles. The van der Waals surface area contributed by atoms with Gasteiger partial charge in [0.05, 0.1) is 11.6 Å². The van der Waals surface area contributed by atoms with E-state index < -0.39 is 0 Å². The Bertz CT molecular complexity index is 343. The zero-order chi connectivity index (χ0) is 10.8. The van der Waals surface area contributed by atoms with Gasteiger partial charge in [-0.05, 0) is 37.6 Å². The quantitative estimate of drug-likeness (QED) is 0.861. The normalized spacial score (nSPS) is 19.8. The van der Waals surface area contributed by atoms with E-state index in [0.29, 0.717) is 11.6 Å². The van der Waals surface area contributed by atoms with Crippen LogP contribution in [0.4, 0.5) is 4.39 Å². The van der Waals surface area contributed by atoms with E-state index >= 15 is 0 Å². The summed E-state index contributed by atoms with van der Waals surface area (Å²) >= 11 is 5.95. The van der Waals surface area contributed by atoms with Crippen LogP contribution in [0.3, 0.4) is 0 Å². The van der Waals surface area contributed by atoms with Gasteiger partial charge in [0.2, 0.25) is 0 Å². The molecule has 1 fully saturated rings. The number of hydrogen-bond donors (Lipinski definition) is 1. The van der Waals surface area contributed by atoms with Crippen molar-refractivity contribution in [2.75, 3.05) is 13.2 Å². The molecule has 1 N–H and O–H groups in total. The molecule has 2 rings (SSSR count). The fourth-order valence-corrected chi connectivity index (χ4v) is 1.91. The lowest BCUT2D eigenvalue weighted by atomic mass is 9.98. The van der Waals surface area contributed by atoms with Crippen LogP contribution in [0, 0.1) is 5.82 Å². The summed E-state index contributed by atoms with van der Waals surface area (Å²) in [6.45, 7) is 3.20. The predicted molar refractivity (Wildman–Crippen MR) is 57.9 cm³/mol. The molecule has 0 saturated carbocycles. The first-order valence-electron chi connectivity index (χ1n) is 5.07. The summed E-state index contributed by atoms with van der Waals surface area (Å²) in [5.41, 5.74) is 0.896. The third-order valence-corrected chi connectivity index (χ3v) is 2.82. The van der Waals surface area contributed by atoms with Crippen molar-refractivity contribution in [1.82, 2.24) is 5.32 Å². The molecule has 15 heavy (non-hydrogen) atoms. The number of nitrogens with one attached hydrogen (secondary N) is 1. The summed E-state index contributed by atoms with van der Waals surface area (Å²) < 4.78 is 18.7. The minimum atomic E-state index is -0.381. The number of ether oxygens (including phenoxy) is 1. The molecule has 1 aliphatic rings. The minimum absolute atomic E-state index is 0.155. The van der Waals surface area contributed by atoms with E-state index in [2.05, 4.69) is 5.32 Å². The van der Waals surface area contributed by atoms with Gasteiger partial charge < -0.3 is 10.1 Å². The van der Waals surface area contributed by atoms with E-state index in [-0.39, 0.29) is 17.6 Å². The van der Waals surface area contributed by atoms with Crippen molar-refractivity contribution < 1.29 is 9.13 Å². The third kappa shape index (κ3) is 2.08. The number of hydrogen-bond acceptors (Lipinski definition) is 2. The number of halogens is 2. The first kappa shape index (κ1) is 10.7. The number of rotatable bonds is 3. The van der Waals surface area contributed by atoms with Crippen LogP contribution < -0.4 is 10.1 Å². The maximum Gasteiger partial charge on any atom is 0.173 e. The molecule has 82 valence electrons. The molecule has 0 aromatic heterocycles. The maximum absolute atomic E-state index is 13.6. The zero-order valence-electron chi connectivity index (χ0n) is 8.52. The fraction of sp³-hybridized carbons (Fsp3) is 0.455. The van der Waals surface area contributed by atoms with E-state index in [1.165, 1.54) is 6.07 Å². The second kappa shape index (κ2) is 4.37. The summed E-state index contributed by atoms with van der Waals surface area (Å²) in [5, 5.41) is 3.55. The first-order chi connectivity index (χ1) is 7.22. The standard InChI is InChI=1S/C11H13ClFNO/c1-2-15-11-8(12)5-7(6-9(11)13)10-3-4-14-10/h5-6,10,14H,2-4H2,1H3/t10-/m1/s1. The van der Waals surface area contributed by atoms with Crippen LogP contribution in [0.5, 0.6) is 5.75 Å². The van der Waals surface area contributed by atoms with Gasteiger partial charge in [-0.15, -0.1) is 0 Å². The number of benzene rings is 1. The third-order valence-electron chi connectivity index (χ3n) is 2.54. The topological polar surface area (TPSA) is 21.3 Å². The molecule has 0 aliphatic carbocycles. The molecule has 0 amide bonds. The molecule has 0 spiro atoms. The lowest BCUT2D eigenvalue weighted by molar-refractivity contribution is 0.320. The van der Waals surface area contributed by atoms with Crippen LogP contribution >= 0.6 is 11.6 Å². The largest absolute Gasteiger partial charge is 0.489 e. The first-order valence-corrected chi connectivity index (χ1v) is 5.45. The molecule has 0 radical (unpaired) electrons. The molecular weight excluding hydrogens is 217 g/mol. The summed E-state index contributed by atoms with van der Waals surface area (Å²) in [6.07, 6.45) is 1.03.